The van der Waals surface area contributed by atoms with Crippen LogP contribution in [-0.2, 0) is 4.74 Å². The second-order valence-corrected chi connectivity index (χ2v) is 3.75. The molecule has 2 N–H and O–H groups in total. The Morgan fingerprint density at radius 2 is 2.06 bits per heavy atom. The van der Waals surface area contributed by atoms with Crippen molar-refractivity contribution in [2.75, 3.05) is 31.2 Å². The summed E-state index contributed by atoms with van der Waals surface area (Å²) in [7, 11) is -1.65. The second kappa shape index (κ2) is 4.96. The van der Waals surface area contributed by atoms with Crippen LogP contribution in [0.15, 0.2) is 6.20 Å². The highest BCUT2D eigenvalue weighted by Gasteiger charge is 2.20. The van der Waals surface area contributed by atoms with Crippen LogP contribution in [0, 0.1) is 0 Å². The summed E-state index contributed by atoms with van der Waals surface area (Å²) in [5, 5.41) is 18.0. The summed E-state index contributed by atoms with van der Waals surface area (Å²) in [6.45, 7) is 2.67. The van der Waals surface area contributed by atoms with E-state index in [0.717, 1.165) is 0 Å². The van der Waals surface area contributed by atoms with Crippen molar-refractivity contribution in [2.45, 2.75) is 0 Å². The zero-order valence-electron chi connectivity index (χ0n) is 8.51. The first-order valence-corrected chi connectivity index (χ1v) is 5.27. The Balaban J connectivity index is 2.19. The molecule has 1 saturated heterocycles. The summed E-state index contributed by atoms with van der Waals surface area (Å²) < 4.78 is 5.20. The first-order chi connectivity index (χ1) is 7.68. The summed E-state index contributed by atoms with van der Waals surface area (Å²) in [5.41, 5.74) is 0.110. The Kier molecular flexibility index (Phi) is 3.60. The third-order valence-corrected chi connectivity index (χ3v) is 2.63. The molecule has 6 nitrogen and oxygen atoms in total. The Morgan fingerprint density at radius 3 is 2.62 bits per heavy atom. The number of anilines is 1. The van der Waals surface area contributed by atoms with Crippen molar-refractivity contribution in [3.63, 3.8) is 0 Å². The number of morpholine rings is 1. The topological polar surface area (TPSA) is 78.7 Å². The smallest absolute Gasteiger partial charge is 0.423 e. The van der Waals surface area contributed by atoms with Gasteiger partial charge in [0.25, 0.3) is 0 Å². The Hall–Kier alpha value is -0.885. The lowest BCUT2D eigenvalue weighted by atomic mass is 9.83. The summed E-state index contributed by atoms with van der Waals surface area (Å²) in [6, 6.07) is 0. The molecule has 0 amide bonds. The number of aromatic nitrogens is 2. The van der Waals surface area contributed by atoms with Crippen LogP contribution in [0.3, 0.4) is 0 Å². The first kappa shape index (κ1) is 11.6. The molecule has 8 heteroatoms. The SMILES string of the molecule is OB(O)c1cnc(N2CCOCC2)nc1Cl. The molecule has 1 aliphatic heterocycles. The lowest BCUT2D eigenvalue weighted by Gasteiger charge is -2.26. The van der Waals surface area contributed by atoms with E-state index in [1.54, 1.807) is 0 Å². The van der Waals surface area contributed by atoms with E-state index in [1.807, 2.05) is 4.90 Å². The Labute approximate surface area is 98.0 Å². The van der Waals surface area contributed by atoms with Crippen LogP contribution in [-0.4, -0.2) is 53.4 Å². The summed E-state index contributed by atoms with van der Waals surface area (Å²) in [4.78, 5) is 10.00. The zero-order chi connectivity index (χ0) is 11.5. The van der Waals surface area contributed by atoms with Crippen LogP contribution in [0.2, 0.25) is 5.15 Å². The quantitative estimate of drug-likeness (QED) is 0.494. The minimum Gasteiger partial charge on any atom is -0.423 e. The summed E-state index contributed by atoms with van der Waals surface area (Å²) in [5.74, 6) is 0.484. The van der Waals surface area contributed by atoms with Gasteiger partial charge in [-0.3, -0.25) is 0 Å². The molecule has 16 heavy (non-hydrogen) atoms. The fraction of sp³-hybridized carbons (Fsp3) is 0.500. The predicted octanol–water partition coefficient (Wildman–Crippen LogP) is -1.35. The number of nitrogens with zero attached hydrogens (tertiary/aromatic N) is 3. The van der Waals surface area contributed by atoms with Gasteiger partial charge in [0.05, 0.1) is 13.2 Å². The Bertz CT molecular complexity index is 374. The van der Waals surface area contributed by atoms with Crippen molar-refractivity contribution >= 4 is 30.1 Å². The standard InChI is InChI=1S/C8H11BClN3O3/c10-7-6(9(14)15)5-11-8(12-7)13-1-3-16-4-2-13/h5,14-15H,1-4H2. The van der Waals surface area contributed by atoms with Gasteiger partial charge in [-0.2, -0.15) is 0 Å². The number of hydrogen-bond acceptors (Lipinski definition) is 6. The van der Waals surface area contributed by atoms with Gasteiger partial charge in [-0.05, 0) is 0 Å². The van der Waals surface area contributed by atoms with Crippen LogP contribution < -0.4 is 10.4 Å². The lowest BCUT2D eigenvalue weighted by Crippen LogP contribution is -2.39. The number of halogens is 1. The maximum absolute atomic E-state index is 8.96. The molecule has 0 saturated carbocycles. The minimum atomic E-state index is -1.65. The number of ether oxygens (including phenoxy) is 1. The molecule has 0 aromatic carbocycles. The van der Waals surface area contributed by atoms with Crippen molar-refractivity contribution in [1.29, 1.82) is 0 Å². The van der Waals surface area contributed by atoms with Crippen molar-refractivity contribution in [3.8, 4) is 0 Å². The maximum atomic E-state index is 8.96. The zero-order valence-corrected chi connectivity index (χ0v) is 9.26. The fourth-order valence-corrected chi connectivity index (χ4v) is 1.67. The molecule has 2 rings (SSSR count). The van der Waals surface area contributed by atoms with E-state index < -0.39 is 7.12 Å². The van der Waals surface area contributed by atoms with Crippen molar-refractivity contribution in [3.05, 3.63) is 11.3 Å². The van der Waals surface area contributed by atoms with Crippen LogP contribution in [0.4, 0.5) is 5.95 Å². The molecule has 1 aliphatic rings. The highest BCUT2D eigenvalue weighted by Crippen LogP contribution is 2.11. The van der Waals surface area contributed by atoms with Crippen LogP contribution in [0.1, 0.15) is 0 Å². The van der Waals surface area contributed by atoms with Gasteiger partial charge >= 0.3 is 7.12 Å². The molecule has 1 aromatic heterocycles. The maximum Gasteiger partial charge on any atom is 0.493 e. The highest BCUT2D eigenvalue weighted by molar-refractivity contribution is 6.62. The third-order valence-electron chi connectivity index (χ3n) is 2.33. The first-order valence-electron chi connectivity index (χ1n) is 4.90. The second-order valence-electron chi connectivity index (χ2n) is 3.39. The van der Waals surface area contributed by atoms with Gasteiger partial charge in [0, 0.05) is 24.7 Å². The average Bonchev–Trinajstić information content (AvgIpc) is 2.29. The lowest BCUT2D eigenvalue weighted by molar-refractivity contribution is 0.122. The summed E-state index contributed by atoms with van der Waals surface area (Å²) in [6.07, 6.45) is 1.32. The van der Waals surface area contributed by atoms with Gasteiger partial charge < -0.3 is 19.7 Å². The third kappa shape index (κ3) is 2.44. The van der Waals surface area contributed by atoms with Gasteiger partial charge in [-0.25, -0.2) is 9.97 Å². The molecule has 86 valence electrons. The van der Waals surface area contributed by atoms with Gasteiger partial charge in [-0.15, -0.1) is 0 Å². The average molecular weight is 243 g/mol. The van der Waals surface area contributed by atoms with Gasteiger partial charge in [0.1, 0.15) is 5.15 Å². The van der Waals surface area contributed by atoms with Crippen molar-refractivity contribution in [2.24, 2.45) is 0 Å². The molecule has 0 spiro atoms. The Morgan fingerprint density at radius 1 is 1.38 bits per heavy atom. The van der Waals surface area contributed by atoms with Crippen LogP contribution in [0.25, 0.3) is 0 Å². The van der Waals surface area contributed by atoms with E-state index in [4.69, 9.17) is 26.4 Å². The monoisotopic (exact) mass is 243 g/mol. The van der Waals surface area contributed by atoms with E-state index in [-0.39, 0.29) is 10.6 Å². The van der Waals surface area contributed by atoms with Gasteiger partial charge in [-0.1, -0.05) is 11.6 Å². The van der Waals surface area contributed by atoms with Gasteiger partial charge in [0.2, 0.25) is 5.95 Å². The largest absolute Gasteiger partial charge is 0.493 e. The fourth-order valence-electron chi connectivity index (χ4n) is 1.45. The normalized spacial score (nSPS) is 16.3. The van der Waals surface area contributed by atoms with Crippen molar-refractivity contribution in [1.82, 2.24) is 9.97 Å². The number of hydrogen-bond donors (Lipinski definition) is 2. The van der Waals surface area contributed by atoms with E-state index in [0.29, 0.717) is 32.3 Å². The highest BCUT2D eigenvalue weighted by atomic mass is 35.5. The molecule has 0 unspecified atom stereocenters. The minimum absolute atomic E-state index is 0.0616. The van der Waals surface area contributed by atoms with E-state index >= 15 is 0 Å². The predicted molar refractivity (Wildman–Crippen MR) is 59.9 cm³/mol. The molecule has 0 radical (unpaired) electrons. The van der Waals surface area contributed by atoms with Gasteiger partial charge in [0.15, 0.2) is 0 Å². The summed E-state index contributed by atoms with van der Waals surface area (Å²) >= 11 is 5.81. The van der Waals surface area contributed by atoms with E-state index in [9.17, 15) is 0 Å². The molecule has 0 atom stereocenters. The molecular formula is C8H11BClN3O3. The van der Waals surface area contributed by atoms with Crippen LogP contribution >= 0.6 is 11.6 Å². The van der Waals surface area contributed by atoms with Crippen molar-refractivity contribution < 1.29 is 14.8 Å². The molecule has 1 aromatic rings. The van der Waals surface area contributed by atoms with Crippen LogP contribution in [0.5, 0.6) is 0 Å². The molecule has 2 heterocycles. The molecular weight excluding hydrogens is 232 g/mol. The molecule has 0 bridgehead atoms. The van der Waals surface area contributed by atoms with E-state index in [1.165, 1.54) is 6.20 Å². The number of rotatable bonds is 2. The molecule has 0 aliphatic carbocycles. The molecule has 1 fully saturated rings. The van der Waals surface area contributed by atoms with E-state index in [2.05, 4.69) is 9.97 Å².